The van der Waals surface area contributed by atoms with E-state index < -0.39 is 0 Å². The molecule has 0 aliphatic carbocycles. The molecule has 2 aromatic heterocycles. The maximum atomic E-state index is 12.2. The summed E-state index contributed by atoms with van der Waals surface area (Å²) in [5.74, 6) is 0.801. The number of nitrogens with one attached hydrogen (secondary N) is 1. The first-order chi connectivity index (χ1) is 10.3. The molecule has 0 atom stereocenters. The van der Waals surface area contributed by atoms with E-state index >= 15 is 0 Å². The van der Waals surface area contributed by atoms with Crippen molar-refractivity contribution < 1.29 is 9.53 Å². The molecular formula is C15H20ClN3O2S. The highest BCUT2D eigenvalue weighted by Gasteiger charge is 2.22. The Balaban J connectivity index is 2.49. The molecule has 1 N–H and O–H groups in total. The minimum absolute atomic E-state index is 0.162. The Bertz CT molecular complexity index is 698. The van der Waals surface area contributed by atoms with Gasteiger partial charge in [-0.2, -0.15) is 0 Å². The van der Waals surface area contributed by atoms with Gasteiger partial charge in [-0.3, -0.25) is 0 Å². The van der Waals surface area contributed by atoms with E-state index in [2.05, 4.69) is 29.1 Å². The second-order valence-corrected chi connectivity index (χ2v) is 7.14. The largest absolute Gasteiger partial charge is 0.459 e. The van der Waals surface area contributed by atoms with Crippen molar-refractivity contribution in [3.05, 3.63) is 15.7 Å². The number of anilines is 1. The van der Waals surface area contributed by atoms with Crippen LogP contribution in [0.4, 0.5) is 5.82 Å². The third-order valence-corrected chi connectivity index (χ3v) is 4.30. The van der Waals surface area contributed by atoms with Crippen LogP contribution in [0.2, 0.25) is 5.28 Å². The number of hydrogen-bond donors (Lipinski definition) is 1. The van der Waals surface area contributed by atoms with Crippen LogP contribution < -0.4 is 5.32 Å². The highest BCUT2D eigenvalue weighted by atomic mass is 35.5. The molecule has 0 aromatic carbocycles. The SMILES string of the molecule is Cc1c(C(=O)OC(C)C)sc2nc(Cl)nc(NCC(C)C)c12. The quantitative estimate of drug-likeness (QED) is 0.649. The number of aryl methyl sites for hydroxylation is 1. The normalized spacial score (nSPS) is 11.5. The lowest BCUT2D eigenvalue weighted by Gasteiger charge is -2.10. The Morgan fingerprint density at radius 2 is 2.00 bits per heavy atom. The molecule has 0 fully saturated rings. The molecule has 0 radical (unpaired) electrons. The van der Waals surface area contributed by atoms with E-state index in [9.17, 15) is 4.79 Å². The van der Waals surface area contributed by atoms with Gasteiger partial charge in [0.25, 0.3) is 0 Å². The average molecular weight is 342 g/mol. The summed E-state index contributed by atoms with van der Waals surface area (Å²) in [6.07, 6.45) is -0.162. The predicted octanol–water partition coefficient (Wildman–Crippen LogP) is 4.29. The fraction of sp³-hybridized carbons (Fsp3) is 0.533. The molecule has 0 aliphatic heterocycles. The number of aromatic nitrogens is 2. The fourth-order valence-corrected chi connectivity index (χ4v) is 3.29. The van der Waals surface area contributed by atoms with Gasteiger partial charge in [-0.25, -0.2) is 14.8 Å². The molecule has 0 saturated carbocycles. The van der Waals surface area contributed by atoms with Gasteiger partial charge in [0.2, 0.25) is 5.28 Å². The van der Waals surface area contributed by atoms with Gasteiger partial charge in [0.15, 0.2) is 0 Å². The number of carbonyl (C=O) groups excluding carboxylic acids is 1. The van der Waals surface area contributed by atoms with Crippen LogP contribution in [0.25, 0.3) is 10.2 Å². The van der Waals surface area contributed by atoms with Crippen molar-refractivity contribution in [3.63, 3.8) is 0 Å². The predicted molar refractivity (Wildman–Crippen MR) is 91.0 cm³/mol. The minimum Gasteiger partial charge on any atom is -0.459 e. The van der Waals surface area contributed by atoms with E-state index in [1.165, 1.54) is 11.3 Å². The molecule has 2 aromatic rings. The molecule has 0 saturated heterocycles. The lowest BCUT2D eigenvalue weighted by atomic mass is 10.2. The summed E-state index contributed by atoms with van der Waals surface area (Å²) in [5.41, 5.74) is 0.827. The number of rotatable bonds is 5. The molecule has 0 amide bonds. The highest BCUT2D eigenvalue weighted by molar-refractivity contribution is 7.20. The van der Waals surface area contributed by atoms with Gasteiger partial charge in [-0.15, -0.1) is 11.3 Å². The molecule has 0 unspecified atom stereocenters. The number of hydrogen-bond acceptors (Lipinski definition) is 6. The molecule has 2 rings (SSSR count). The van der Waals surface area contributed by atoms with E-state index in [1.807, 2.05) is 20.8 Å². The van der Waals surface area contributed by atoms with E-state index in [1.54, 1.807) is 0 Å². The summed E-state index contributed by atoms with van der Waals surface area (Å²) >= 11 is 7.28. The third kappa shape index (κ3) is 3.67. The minimum atomic E-state index is -0.332. The van der Waals surface area contributed by atoms with Gasteiger partial charge >= 0.3 is 5.97 Å². The second kappa shape index (κ2) is 6.79. The first-order valence-corrected chi connectivity index (χ1v) is 8.40. The number of halogens is 1. The summed E-state index contributed by atoms with van der Waals surface area (Å²) in [4.78, 5) is 21.9. The van der Waals surface area contributed by atoms with Crippen molar-refractivity contribution >= 4 is 44.9 Å². The number of carbonyl (C=O) groups is 1. The molecule has 7 heteroatoms. The standard InChI is InChI=1S/C15H20ClN3O2S/c1-7(2)6-17-12-10-9(5)11(14(20)21-8(3)4)22-13(10)19-15(16)18-12/h7-8H,6H2,1-5H3,(H,17,18,19). The van der Waals surface area contributed by atoms with E-state index in [-0.39, 0.29) is 17.4 Å². The number of thiophene rings is 1. The molecule has 2 heterocycles. The van der Waals surface area contributed by atoms with Crippen LogP contribution in [-0.4, -0.2) is 28.6 Å². The van der Waals surface area contributed by atoms with Crippen molar-refractivity contribution in [2.24, 2.45) is 5.92 Å². The van der Waals surface area contributed by atoms with Crippen molar-refractivity contribution in [3.8, 4) is 0 Å². The second-order valence-electron chi connectivity index (χ2n) is 5.81. The molecule has 22 heavy (non-hydrogen) atoms. The van der Waals surface area contributed by atoms with Crippen LogP contribution in [-0.2, 0) is 4.74 Å². The maximum absolute atomic E-state index is 12.2. The smallest absolute Gasteiger partial charge is 0.348 e. The van der Waals surface area contributed by atoms with Gasteiger partial charge in [0, 0.05) is 6.54 Å². The van der Waals surface area contributed by atoms with Crippen molar-refractivity contribution in [1.82, 2.24) is 9.97 Å². The number of ether oxygens (including phenoxy) is 1. The van der Waals surface area contributed by atoms with E-state index in [0.717, 1.165) is 17.5 Å². The summed E-state index contributed by atoms with van der Waals surface area (Å²) < 4.78 is 5.28. The lowest BCUT2D eigenvalue weighted by molar-refractivity contribution is 0.0383. The van der Waals surface area contributed by atoms with Crippen LogP contribution in [0.1, 0.15) is 42.9 Å². The average Bonchev–Trinajstić information content (AvgIpc) is 2.72. The zero-order valence-corrected chi connectivity index (χ0v) is 14.9. The molecule has 0 bridgehead atoms. The summed E-state index contributed by atoms with van der Waals surface area (Å²) in [6.45, 7) is 10.5. The maximum Gasteiger partial charge on any atom is 0.348 e. The Morgan fingerprint density at radius 1 is 1.32 bits per heavy atom. The lowest BCUT2D eigenvalue weighted by Crippen LogP contribution is -2.11. The zero-order valence-electron chi connectivity index (χ0n) is 13.4. The van der Waals surface area contributed by atoms with Crippen LogP contribution in [0, 0.1) is 12.8 Å². The van der Waals surface area contributed by atoms with Gasteiger partial charge in [0.1, 0.15) is 15.5 Å². The monoisotopic (exact) mass is 341 g/mol. The summed E-state index contributed by atoms with van der Waals surface area (Å²) in [6, 6.07) is 0. The Kier molecular flexibility index (Phi) is 5.24. The molecule has 5 nitrogen and oxygen atoms in total. The number of nitrogens with zero attached hydrogens (tertiary/aromatic N) is 2. The van der Waals surface area contributed by atoms with E-state index in [0.29, 0.717) is 21.4 Å². The van der Waals surface area contributed by atoms with Gasteiger partial charge in [-0.05, 0) is 43.9 Å². The van der Waals surface area contributed by atoms with Gasteiger partial charge in [-0.1, -0.05) is 13.8 Å². The third-order valence-electron chi connectivity index (χ3n) is 2.97. The Morgan fingerprint density at radius 3 is 2.59 bits per heavy atom. The first kappa shape index (κ1) is 17.0. The highest BCUT2D eigenvalue weighted by Crippen LogP contribution is 2.35. The van der Waals surface area contributed by atoms with Crippen LogP contribution in [0.5, 0.6) is 0 Å². The first-order valence-electron chi connectivity index (χ1n) is 7.21. The fourth-order valence-electron chi connectivity index (χ4n) is 2.00. The Hall–Kier alpha value is -1.40. The van der Waals surface area contributed by atoms with E-state index in [4.69, 9.17) is 16.3 Å². The van der Waals surface area contributed by atoms with Crippen LogP contribution in [0.15, 0.2) is 0 Å². The molecule has 0 spiro atoms. The van der Waals surface area contributed by atoms with Crippen molar-refractivity contribution in [1.29, 1.82) is 0 Å². The molecular weight excluding hydrogens is 322 g/mol. The zero-order chi connectivity index (χ0) is 16.4. The summed E-state index contributed by atoms with van der Waals surface area (Å²) in [7, 11) is 0. The number of esters is 1. The van der Waals surface area contributed by atoms with Crippen molar-refractivity contribution in [2.45, 2.75) is 40.7 Å². The molecule has 120 valence electrons. The Labute approximate surface area is 139 Å². The topological polar surface area (TPSA) is 64.1 Å². The summed E-state index contributed by atoms with van der Waals surface area (Å²) in [5, 5.41) is 4.29. The van der Waals surface area contributed by atoms with Crippen LogP contribution >= 0.6 is 22.9 Å². The van der Waals surface area contributed by atoms with Crippen LogP contribution in [0.3, 0.4) is 0 Å². The van der Waals surface area contributed by atoms with Crippen molar-refractivity contribution in [2.75, 3.05) is 11.9 Å². The van der Waals surface area contributed by atoms with Gasteiger partial charge < -0.3 is 10.1 Å². The van der Waals surface area contributed by atoms with Gasteiger partial charge in [0.05, 0.1) is 11.5 Å². The number of fused-ring (bicyclic) bond motifs is 1. The molecule has 0 aliphatic rings.